The van der Waals surface area contributed by atoms with Crippen molar-refractivity contribution in [3.63, 3.8) is 0 Å². The van der Waals surface area contributed by atoms with Gasteiger partial charge in [-0.1, -0.05) is 34.4 Å². The molecule has 4 nitrogen and oxygen atoms in total. The monoisotopic (exact) mass is 392 g/mol. The Balaban J connectivity index is 1.43. The highest BCUT2D eigenvalue weighted by Gasteiger charge is 2.45. The second-order valence-electron chi connectivity index (χ2n) is 7.99. The van der Waals surface area contributed by atoms with E-state index in [1.807, 2.05) is 18.2 Å². The summed E-state index contributed by atoms with van der Waals surface area (Å²) in [6.45, 7) is 0.495. The van der Waals surface area contributed by atoms with Gasteiger partial charge in [0, 0.05) is 23.1 Å². The number of aromatic nitrogens is 1. The van der Waals surface area contributed by atoms with Crippen molar-refractivity contribution in [2.24, 2.45) is 17.6 Å². The average molecular weight is 393 g/mol. The number of benzene rings is 1. The van der Waals surface area contributed by atoms with Crippen molar-refractivity contribution in [2.75, 3.05) is 0 Å². The molecule has 0 aliphatic heterocycles. The molecule has 3 aliphatic carbocycles. The molecule has 0 amide bonds. The molecule has 0 saturated heterocycles. The number of nitrogens with two attached hydrogens (primary N) is 1. The van der Waals surface area contributed by atoms with Crippen LogP contribution in [0.15, 0.2) is 22.7 Å². The van der Waals surface area contributed by atoms with Crippen LogP contribution in [0.5, 0.6) is 0 Å². The average Bonchev–Trinajstić information content (AvgIpc) is 3.10. The minimum atomic E-state index is 0.288. The molecule has 3 fully saturated rings. The number of nitrogens with zero attached hydrogens (tertiary/aromatic N) is 1. The Labute approximate surface area is 163 Å². The lowest BCUT2D eigenvalue weighted by Crippen LogP contribution is -2.33. The van der Waals surface area contributed by atoms with Gasteiger partial charge >= 0.3 is 0 Å². The highest BCUT2D eigenvalue weighted by atomic mass is 35.5. The Morgan fingerprint density at radius 3 is 2.50 bits per heavy atom. The zero-order chi connectivity index (χ0) is 17.8. The van der Waals surface area contributed by atoms with Crippen LogP contribution < -0.4 is 5.73 Å². The third-order valence-electron chi connectivity index (χ3n) is 6.25. The van der Waals surface area contributed by atoms with Crippen LogP contribution >= 0.6 is 23.2 Å². The van der Waals surface area contributed by atoms with Gasteiger partial charge in [0.2, 0.25) is 0 Å². The van der Waals surface area contributed by atoms with Crippen molar-refractivity contribution in [2.45, 2.75) is 56.8 Å². The quantitative estimate of drug-likeness (QED) is 0.762. The molecule has 0 spiro atoms. The van der Waals surface area contributed by atoms with Crippen LogP contribution in [-0.4, -0.2) is 17.3 Å². The maximum Gasteiger partial charge on any atom is 0.145 e. The van der Waals surface area contributed by atoms with Gasteiger partial charge in [-0.05, 0) is 56.1 Å². The topological polar surface area (TPSA) is 61.3 Å². The van der Waals surface area contributed by atoms with Crippen molar-refractivity contribution in [3.8, 4) is 11.3 Å². The SMILES string of the molecule is N[C@H]1C[C@@H]2C[C@H]1C[C@@H]2OCc1c(-c2c(Cl)cccc2Cl)noc1C1CC1. The van der Waals surface area contributed by atoms with Crippen LogP contribution in [0.4, 0.5) is 0 Å². The van der Waals surface area contributed by atoms with E-state index in [2.05, 4.69) is 5.16 Å². The predicted molar refractivity (Wildman–Crippen MR) is 101 cm³/mol. The highest BCUT2D eigenvalue weighted by molar-refractivity contribution is 6.39. The van der Waals surface area contributed by atoms with Gasteiger partial charge in [-0.15, -0.1) is 0 Å². The summed E-state index contributed by atoms with van der Waals surface area (Å²) in [4.78, 5) is 0. The van der Waals surface area contributed by atoms with Crippen LogP contribution in [0.3, 0.4) is 0 Å². The first-order chi connectivity index (χ1) is 12.6. The predicted octanol–water partition coefficient (Wildman–Crippen LogP) is 5.17. The fourth-order valence-corrected chi connectivity index (χ4v) is 5.29. The minimum absolute atomic E-state index is 0.288. The van der Waals surface area contributed by atoms with Crippen LogP contribution in [0, 0.1) is 11.8 Å². The summed E-state index contributed by atoms with van der Waals surface area (Å²) in [5.41, 5.74) is 8.64. The molecular weight excluding hydrogens is 371 g/mol. The zero-order valence-corrected chi connectivity index (χ0v) is 16.0. The summed E-state index contributed by atoms with van der Waals surface area (Å²) in [6.07, 6.45) is 5.92. The number of rotatable bonds is 5. The lowest BCUT2D eigenvalue weighted by atomic mass is 9.93. The summed E-state index contributed by atoms with van der Waals surface area (Å²) in [6, 6.07) is 5.85. The number of hydrogen-bond acceptors (Lipinski definition) is 4. The second kappa shape index (κ2) is 6.52. The largest absolute Gasteiger partial charge is 0.373 e. The second-order valence-corrected chi connectivity index (χ2v) is 8.80. The summed E-state index contributed by atoms with van der Waals surface area (Å²) in [5, 5.41) is 5.50. The van der Waals surface area contributed by atoms with E-state index in [0.717, 1.165) is 48.3 Å². The van der Waals surface area contributed by atoms with E-state index >= 15 is 0 Å². The van der Waals surface area contributed by atoms with E-state index < -0.39 is 0 Å². The molecule has 26 heavy (non-hydrogen) atoms. The van der Waals surface area contributed by atoms with Crippen LogP contribution in [-0.2, 0) is 11.3 Å². The molecule has 0 unspecified atom stereocenters. The van der Waals surface area contributed by atoms with Crippen LogP contribution in [0.25, 0.3) is 11.3 Å². The molecular formula is C20H22Cl2N2O2. The fraction of sp³-hybridized carbons (Fsp3) is 0.550. The molecule has 6 heteroatoms. The zero-order valence-electron chi connectivity index (χ0n) is 14.5. The van der Waals surface area contributed by atoms with E-state index in [4.69, 9.17) is 38.2 Å². The van der Waals surface area contributed by atoms with Gasteiger partial charge in [-0.3, -0.25) is 0 Å². The van der Waals surface area contributed by atoms with E-state index in [1.54, 1.807) is 0 Å². The van der Waals surface area contributed by atoms with Crippen LogP contribution in [0.2, 0.25) is 10.0 Å². The molecule has 1 aromatic heterocycles. The Morgan fingerprint density at radius 1 is 1.12 bits per heavy atom. The molecule has 2 aromatic rings. The van der Waals surface area contributed by atoms with Gasteiger partial charge in [0.15, 0.2) is 0 Å². The fourth-order valence-electron chi connectivity index (χ4n) is 4.71. The molecule has 4 atom stereocenters. The molecule has 1 aromatic carbocycles. The molecule has 3 aliphatic rings. The lowest BCUT2D eigenvalue weighted by Gasteiger charge is -2.25. The molecule has 2 bridgehead atoms. The third kappa shape index (κ3) is 2.88. The van der Waals surface area contributed by atoms with Gasteiger partial charge in [-0.25, -0.2) is 0 Å². The molecule has 138 valence electrons. The minimum Gasteiger partial charge on any atom is -0.373 e. The summed E-state index contributed by atoms with van der Waals surface area (Å²) < 4.78 is 12.1. The van der Waals surface area contributed by atoms with Gasteiger partial charge in [0.1, 0.15) is 11.5 Å². The first-order valence-electron chi connectivity index (χ1n) is 9.41. The Morgan fingerprint density at radius 2 is 1.88 bits per heavy atom. The molecule has 1 heterocycles. The van der Waals surface area contributed by atoms with E-state index in [1.165, 1.54) is 6.42 Å². The normalized spacial score (nSPS) is 30.3. The van der Waals surface area contributed by atoms with Gasteiger partial charge in [0.05, 0.1) is 22.8 Å². The molecule has 2 N–H and O–H groups in total. The Kier molecular flexibility index (Phi) is 4.28. The van der Waals surface area contributed by atoms with Crippen molar-refractivity contribution in [3.05, 3.63) is 39.6 Å². The standard InChI is InChI=1S/C20H22Cl2N2O2/c21-14-2-1-3-15(22)18(14)19-13(20(26-24-19)10-4-5-10)9-25-17-8-11-6-12(17)7-16(11)23/h1-3,10-12,16-17H,4-9,23H2/t11-,12-,16-,17-/m0/s1. The maximum atomic E-state index is 6.41. The van der Waals surface area contributed by atoms with E-state index in [0.29, 0.717) is 40.4 Å². The molecule has 5 rings (SSSR count). The lowest BCUT2D eigenvalue weighted by molar-refractivity contribution is 0.00222. The number of fused-ring (bicyclic) bond motifs is 2. The molecule has 0 radical (unpaired) electrons. The number of halogens is 2. The van der Waals surface area contributed by atoms with E-state index in [-0.39, 0.29) is 6.10 Å². The molecule has 3 saturated carbocycles. The van der Waals surface area contributed by atoms with Crippen molar-refractivity contribution in [1.82, 2.24) is 5.16 Å². The van der Waals surface area contributed by atoms with Crippen LogP contribution in [0.1, 0.15) is 49.3 Å². The maximum absolute atomic E-state index is 6.41. The Hall–Kier alpha value is -1.07. The van der Waals surface area contributed by atoms with Gasteiger partial charge < -0.3 is 15.0 Å². The van der Waals surface area contributed by atoms with Gasteiger partial charge in [-0.2, -0.15) is 0 Å². The first-order valence-corrected chi connectivity index (χ1v) is 10.2. The summed E-state index contributed by atoms with van der Waals surface area (Å²) >= 11 is 12.8. The summed E-state index contributed by atoms with van der Waals surface area (Å²) in [5.74, 6) is 2.60. The number of hydrogen-bond donors (Lipinski definition) is 1. The first kappa shape index (κ1) is 17.1. The van der Waals surface area contributed by atoms with Gasteiger partial charge in [0.25, 0.3) is 0 Å². The van der Waals surface area contributed by atoms with E-state index in [9.17, 15) is 0 Å². The highest BCUT2D eigenvalue weighted by Crippen LogP contribution is 2.48. The smallest absolute Gasteiger partial charge is 0.145 e. The Bertz CT molecular complexity index is 811. The summed E-state index contributed by atoms with van der Waals surface area (Å²) in [7, 11) is 0. The number of ether oxygens (including phenoxy) is 1. The van der Waals surface area contributed by atoms with Crippen molar-refractivity contribution in [1.29, 1.82) is 0 Å². The van der Waals surface area contributed by atoms with Crippen molar-refractivity contribution < 1.29 is 9.26 Å². The third-order valence-corrected chi connectivity index (χ3v) is 6.88. The van der Waals surface area contributed by atoms with Crippen molar-refractivity contribution >= 4 is 23.2 Å².